The maximum atomic E-state index is 13.2. The van der Waals surface area contributed by atoms with E-state index in [1.807, 2.05) is 0 Å². The lowest BCUT2D eigenvalue weighted by Gasteiger charge is -2.26. The first kappa shape index (κ1) is 14.5. The Labute approximate surface area is 117 Å². The molecule has 2 aromatic rings. The number of hydrogen-bond acceptors (Lipinski definition) is 4. The highest BCUT2D eigenvalue weighted by Gasteiger charge is 2.40. The Morgan fingerprint density at radius 1 is 1.15 bits per heavy atom. The van der Waals surface area contributed by atoms with Crippen LogP contribution in [-0.2, 0) is 6.61 Å². The lowest BCUT2D eigenvalue weighted by Crippen LogP contribution is -2.34. The number of halogens is 4. The Hall–Kier alpha value is -1.86. The second kappa shape index (κ2) is 5.64. The zero-order valence-electron chi connectivity index (χ0n) is 9.97. The van der Waals surface area contributed by atoms with Crippen LogP contribution in [0.5, 0.6) is 0 Å². The quantitative estimate of drug-likeness (QED) is 0.698. The van der Waals surface area contributed by atoms with E-state index in [0.29, 0.717) is 0 Å². The molecule has 0 unspecified atom stereocenters. The molecule has 0 aliphatic rings. The van der Waals surface area contributed by atoms with Crippen LogP contribution < -0.4 is 4.90 Å². The van der Waals surface area contributed by atoms with Gasteiger partial charge < -0.3 is 5.11 Å². The highest BCUT2D eigenvalue weighted by atomic mass is 35.5. The van der Waals surface area contributed by atoms with Crippen molar-refractivity contribution < 1.29 is 18.3 Å². The molecule has 0 bridgehead atoms. The van der Waals surface area contributed by atoms with Gasteiger partial charge in [-0.25, -0.2) is 14.9 Å². The number of anilines is 2. The number of hydrogen-bond donors (Lipinski definition) is 1. The van der Waals surface area contributed by atoms with Gasteiger partial charge in [-0.15, -0.1) is 13.2 Å². The number of benzene rings is 1. The van der Waals surface area contributed by atoms with Crippen LogP contribution in [0.2, 0.25) is 5.15 Å². The van der Waals surface area contributed by atoms with Gasteiger partial charge in [-0.2, -0.15) is 0 Å². The molecule has 1 aromatic heterocycles. The molecule has 0 aliphatic carbocycles. The summed E-state index contributed by atoms with van der Waals surface area (Å²) < 4.78 is 39.7. The van der Waals surface area contributed by atoms with E-state index in [2.05, 4.69) is 9.97 Å². The summed E-state index contributed by atoms with van der Waals surface area (Å²) in [5.41, 5.74) is -0.112. The van der Waals surface area contributed by atoms with Gasteiger partial charge in [-0.05, 0) is 12.1 Å². The molecular formula is C12H9ClF3N3O. The lowest BCUT2D eigenvalue weighted by atomic mass is 10.3. The maximum Gasteiger partial charge on any atom is 0.490 e. The fraction of sp³-hybridized carbons (Fsp3) is 0.167. The molecule has 0 radical (unpaired) electrons. The number of para-hydroxylation sites is 1. The van der Waals surface area contributed by atoms with E-state index in [9.17, 15) is 13.2 Å². The largest absolute Gasteiger partial charge is 0.490 e. The summed E-state index contributed by atoms with van der Waals surface area (Å²) in [4.78, 5) is 7.35. The number of nitrogens with zero attached hydrogens (tertiary/aromatic N) is 3. The molecule has 1 heterocycles. The van der Waals surface area contributed by atoms with Crippen molar-refractivity contribution in [3.8, 4) is 0 Å². The number of aliphatic hydroxyl groups excluding tert-OH is 1. The fourth-order valence-corrected chi connectivity index (χ4v) is 1.82. The molecule has 0 fully saturated rings. The van der Waals surface area contributed by atoms with E-state index >= 15 is 0 Å². The highest BCUT2D eigenvalue weighted by molar-refractivity contribution is 6.29. The third kappa shape index (κ3) is 3.17. The first-order chi connectivity index (χ1) is 9.41. The van der Waals surface area contributed by atoms with Crippen molar-refractivity contribution in [1.82, 2.24) is 9.97 Å². The van der Waals surface area contributed by atoms with Gasteiger partial charge in [0, 0.05) is 6.07 Å². The average Bonchev–Trinajstić information content (AvgIpc) is 2.37. The van der Waals surface area contributed by atoms with Gasteiger partial charge >= 0.3 is 6.30 Å². The number of rotatable bonds is 3. The van der Waals surface area contributed by atoms with E-state index in [1.165, 1.54) is 24.3 Å². The molecule has 20 heavy (non-hydrogen) atoms. The normalized spacial score (nSPS) is 11.4. The number of aliphatic hydroxyl groups is 1. The first-order valence-corrected chi connectivity index (χ1v) is 5.86. The molecular weight excluding hydrogens is 295 g/mol. The van der Waals surface area contributed by atoms with Crippen molar-refractivity contribution in [2.45, 2.75) is 12.9 Å². The third-order valence-corrected chi connectivity index (χ3v) is 2.56. The Morgan fingerprint density at radius 2 is 1.80 bits per heavy atom. The van der Waals surface area contributed by atoms with Gasteiger partial charge in [0.05, 0.1) is 5.69 Å². The summed E-state index contributed by atoms with van der Waals surface area (Å²) in [5.74, 6) is -0.634. The van der Waals surface area contributed by atoms with Crippen LogP contribution in [0.25, 0.3) is 0 Å². The summed E-state index contributed by atoms with van der Waals surface area (Å²) in [6.07, 6.45) is -4.69. The van der Waals surface area contributed by atoms with E-state index in [1.54, 1.807) is 6.07 Å². The zero-order valence-corrected chi connectivity index (χ0v) is 10.7. The van der Waals surface area contributed by atoms with E-state index in [4.69, 9.17) is 16.7 Å². The lowest BCUT2D eigenvalue weighted by molar-refractivity contribution is -0.121. The van der Waals surface area contributed by atoms with Gasteiger partial charge in [0.25, 0.3) is 0 Å². The number of aromatic nitrogens is 2. The van der Waals surface area contributed by atoms with Crippen LogP contribution in [0.3, 0.4) is 0 Å². The fourth-order valence-electron chi connectivity index (χ4n) is 1.62. The first-order valence-electron chi connectivity index (χ1n) is 5.48. The predicted molar refractivity (Wildman–Crippen MR) is 67.6 cm³/mol. The topological polar surface area (TPSA) is 49.3 Å². The van der Waals surface area contributed by atoms with Crippen LogP contribution in [-0.4, -0.2) is 21.4 Å². The summed E-state index contributed by atoms with van der Waals surface area (Å²) in [5, 5.41) is 8.78. The minimum absolute atomic E-state index is 0.0692. The molecule has 0 spiro atoms. The minimum atomic E-state index is -4.69. The highest BCUT2D eigenvalue weighted by Crippen LogP contribution is 2.35. The summed E-state index contributed by atoms with van der Waals surface area (Å²) in [6, 6.07) is 8.13. The second-order valence-corrected chi connectivity index (χ2v) is 4.15. The summed E-state index contributed by atoms with van der Waals surface area (Å²) in [7, 11) is 0. The zero-order chi connectivity index (χ0) is 14.8. The standard InChI is InChI=1S/C12H9ClF3N3O/c13-9-6-11(18-10(7-20)17-9)19(12(14,15)16)8-4-2-1-3-5-8/h1-6,20H,7H2. The van der Waals surface area contributed by atoms with Crippen molar-refractivity contribution in [3.63, 3.8) is 0 Å². The second-order valence-electron chi connectivity index (χ2n) is 3.76. The molecule has 0 saturated carbocycles. The van der Waals surface area contributed by atoms with Crippen LogP contribution in [0.15, 0.2) is 36.4 Å². The van der Waals surface area contributed by atoms with Crippen molar-refractivity contribution in [1.29, 1.82) is 0 Å². The van der Waals surface area contributed by atoms with Crippen LogP contribution in [0.1, 0.15) is 5.82 Å². The van der Waals surface area contributed by atoms with Gasteiger partial charge in [0.15, 0.2) is 5.82 Å². The average molecular weight is 304 g/mol. The van der Waals surface area contributed by atoms with Crippen molar-refractivity contribution in [3.05, 3.63) is 47.4 Å². The molecule has 1 aromatic carbocycles. The van der Waals surface area contributed by atoms with Crippen molar-refractivity contribution >= 4 is 23.1 Å². The molecule has 0 atom stereocenters. The maximum absolute atomic E-state index is 13.2. The van der Waals surface area contributed by atoms with Gasteiger partial charge in [-0.1, -0.05) is 29.8 Å². The number of alkyl halides is 3. The molecule has 106 valence electrons. The SMILES string of the molecule is OCc1nc(Cl)cc(N(c2ccccc2)C(F)(F)F)n1. The van der Waals surface area contributed by atoms with Crippen LogP contribution >= 0.6 is 11.6 Å². The van der Waals surface area contributed by atoms with Crippen LogP contribution in [0.4, 0.5) is 24.7 Å². The predicted octanol–water partition coefficient (Wildman–Crippen LogP) is 3.28. The molecule has 0 saturated heterocycles. The molecule has 8 heteroatoms. The smallest absolute Gasteiger partial charge is 0.388 e. The molecule has 0 aliphatic heterocycles. The molecule has 2 rings (SSSR count). The summed E-state index contributed by atoms with van der Waals surface area (Å²) >= 11 is 5.65. The third-order valence-electron chi connectivity index (χ3n) is 2.37. The molecule has 1 N–H and O–H groups in total. The van der Waals surface area contributed by atoms with Crippen LogP contribution in [0, 0.1) is 0 Å². The van der Waals surface area contributed by atoms with E-state index in [-0.39, 0.29) is 21.6 Å². The van der Waals surface area contributed by atoms with E-state index < -0.39 is 18.7 Å². The molecule has 4 nitrogen and oxygen atoms in total. The monoisotopic (exact) mass is 303 g/mol. The Morgan fingerprint density at radius 3 is 2.35 bits per heavy atom. The minimum Gasteiger partial charge on any atom is -0.388 e. The van der Waals surface area contributed by atoms with Gasteiger partial charge in [0.1, 0.15) is 17.6 Å². The molecule has 0 amide bonds. The van der Waals surface area contributed by atoms with E-state index in [0.717, 1.165) is 6.07 Å². The van der Waals surface area contributed by atoms with Crippen molar-refractivity contribution in [2.75, 3.05) is 4.90 Å². The Kier molecular flexibility index (Phi) is 4.10. The van der Waals surface area contributed by atoms with Gasteiger partial charge in [0.2, 0.25) is 0 Å². The Bertz CT molecular complexity index is 592. The Balaban J connectivity index is 2.56. The summed E-state index contributed by atoms with van der Waals surface area (Å²) in [6.45, 7) is -0.603. The van der Waals surface area contributed by atoms with Gasteiger partial charge in [-0.3, -0.25) is 0 Å². The van der Waals surface area contributed by atoms with Crippen molar-refractivity contribution in [2.24, 2.45) is 0 Å².